The van der Waals surface area contributed by atoms with Gasteiger partial charge in [0.25, 0.3) is 5.69 Å². The van der Waals surface area contributed by atoms with Crippen LogP contribution in [0.1, 0.15) is 12.0 Å². The molecular formula is C14H15N5O5S. The number of carbonyl (C=O) groups is 2. The van der Waals surface area contributed by atoms with Crippen molar-refractivity contribution in [1.82, 2.24) is 5.32 Å². The lowest BCUT2D eigenvalue weighted by Crippen LogP contribution is -2.26. The maximum Gasteiger partial charge on any atom is 0.305 e. The maximum atomic E-state index is 11.6. The number of thioether (sulfide) groups is 1. The monoisotopic (exact) mass is 365 g/mol. The van der Waals surface area contributed by atoms with E-state index in [4.69, 9.17) is 5.11 Å². The number of nitro benzene ring substituents is 1. The van der Waals surface area contributed by atoms with Crippen LogP contribution in [-0.4, -0.2) is 52.6 Å². The van der Waals surface area contributed by atoms with Crippen LogP contribution < -0.4 is 10.2 Å². The molecule has 1 fully saturated rings. The van der Waals surface area contributed by atoms with Gasteiger partial charge in [-0.25, -0.2) is 0 Å². The summed E-state index contributed by atoms with van der Waals surface area (Å²) >= 11 is 0.977. The van der Waals surface area contributed by atoms with E-state index in [1.54, 1.807) is 25.1 Å². The Morgan fingerprint density at radius 3 is 2.84 bits per heavy atom. The average Bonchev–Trinajstić information content (AvgIpc) is 2.86. The Bertz CT molecular complexity index is 777. The van der Waals surface area contributed by atoms with Gasteiger partial charge < -0.3 is 15.3 Å². The van der Waals surface area contributed by atoms with Gasteiger partial charge in [0.05, 0.1) is 17.6 Å². The van der Waals surface area contributed by atoms with Crippen molar-refractivity contribution in [2.75, 3.05) is 19.0 Å². The van der Waals surface area contributed by atoms with Crippen LogP contribution in [0.15, 0.2) is 28.4 Å². The fourth-order valence-electron chi connectivity index (χ4n) is 2.05. The van der Waals surface area contributed by atoms with Gasteiger partial charge in [-0.1, -0.05) is 11.8 Å². The summed E-state index contributed by atoms with van der Waals surface area (Å²) < 4.78 is 0. The second-order valence-corrected chi connectivity index (χ2v) is 6.43. The van der Waals surface area contributed by atoms with Gasteiger partial charge in [0.2, 0.25) is 5.91 Å². The van der Waals surface area contributed by atoms with Crippen LogP contribution >= 0.6 is 11.8 Å². The molecule has 1 heterocycles. The minimum Gasteiger partial charge on any atom is -0.481 e. The van der Waals surface area contributed by atoms with E-state index in [0.29, 0.717) is 11.3 Å². The Morgan fingerprint density at radius 1 is 1.52 bits per heavy atom. The van der Waals surface area contributed by atoms with Crippen molar-refractivity contribution in [1.29, 1.82) is 0 Å². The van der Waals surface area contributed by atoms with Crippen molar-refractivity contribution in [3.63, 3.8) is 0 Å². The van der Waals surface area contributed by atoms with Crippen LogP contribution in [-0.2, 0) is 9.59 Å². The van der Waals surface area contributed by atoms with Crippen LogP contribution in [0.25, 0.3) is 0 Å². The smallest absolute Gasteiger partial charge is 0.305 e. The summed E-state index contributed by atoms with van der Waals surface area (Å²) in [5, 5.41) is 29.2. The van der Waals surface area contributed by atoms with Crippen molar-refractivity contribution in [3.05, 3.63) is 33.9 Å². The van der Waals surface area contributed by atoms with Gasteiger partial charge >= 0.3 is 5.97 Å². The van der Waals surface area contributed by atoms with Crippen LogP contribution in [0.3, 0.4) is 0 Å². The molecule has 0 bridgehead atoms. The van der Waals surface area contributed by atoms with Gasteiger partial charge in [0.1, 0.15) is 5.25 Å². The molecule has 0 aliphatic carbocycles. The van der Waals surface area contributed by atoms with E-state index in [2.05, 4.69) is 15.5 Å². The van der Waals surface area contributed by atoms with Crippen LogP contribution in [0.5, 0.6) is 0 Å². The molecule has 0 saturated carbocycles. The highest BCUT2D eigenvalue weighted by atomic mass is 32.2. The number of amides is 1. The summed E-state index contributed by atoms with van der Waals surface area (Å²) in [7, 11) is 3.57. The highest BCUT2D eigenvalue weighted by molar-refractivity contribution is 8.15. The predicted octanol–water partition coefficient (Wildman–Crippen LogP) is 1.06. The average molecular weight is 365 g/mol. The standard InChI is InChI=1S/C14H15N5O5S/c1-18(2)10-4-3-9(19(23)24)5-8(10)7-15-17-14-16-13(22)11(25-14)6-12(20)21/h3-5,7,11H,6H2,1-2H3,(H,20,21)(H,16,17,22). The molecule has 132 valence electrons. The van der Waals surface area contributed by atoms with Crippen molar-refractivity contribution < 1.29 is 19.6 Å². The first-order valence-electron chi connectivity index (χ1n) is 7.04. The van der Waals surface area contributed by atoms with Crippen LogP contribution in [0, 0.1) is 10.1 Å². The third-order valence-electron chi connectivity index (χ3n) is 3.19. The van der Waals surface area contributed by atoms with Gasteiger partial charge in [-0.15, -0.1) is 5.10 Å². The number of non-ortho nitro benzene ring substituents is 1. The number of nitrogens with one attached hydrogen (secondary N) is 1. The minimum atomic E-state index is -1.08. The van der Waals surface area contributed by atoms with Crippen LogP contribution in [0.2, 0.25) is 0 Å². The molecule has 1 aliphatic rings. The zero-order valence-electron chi connectivity index (χ0n) is 13.4. The molecule has 2 N–H and O–H groups in total. The normalized spacial score (nSPS) is 18.6. The molecule has 1 atom stereocenters. The van der Waals surface area contributed by atoms with E-state index >= 15 is 0 Å². The van der Waals surface area contributed by atoms with Crippen molar-refractivity contribution >= 4 is 46.4 Å². The molecular weight excluding hydrogens is 350 g/mol. The Labute approximate surface area is 146 Å². The number of amidine groups is 1. The molecule has 2 rings (SSSR count). The highest BCUT2D eigenvalue weighted by Gasteiger charge is 2.32. The zero-order valence-corrected chi connectivity index (χ0v) is 14.2. The molecule has 0 aromatic heterocycles. The van der Waals surface area contributed by atoms with E-state index in [1.807, 2.05) is 0 Å². The van der Waals surface area contributed by atoms with Gasteiger partial charge in [-0.05, 0) is 6.07 Å². The van der Waals surface area contributed by atoms with Gasteiger partial charge in [0, 0.05) is 37.5 Å². The van der Waals surface area contributed by atoms with Gasteiger partial charge in [-0.2, -0.15) is 5.10 Å². The third-order valence-corrected chi connectivity index (χ3v) is 4.26. The molecule has 11 heteroatoms. The quantitative estimate of drug-likeness (QED) is 0.437. The SMILES string of the molecule is CN(C)c1ccc([N+](=O)[O-])cc1C=NN=C1NC(=O)C(CC(=O)O)S1. The van der Waals surface area contributed by atoms with E-state index in [-0.39, 0.29) is 17.3 Å². The summed E-state index contributed by atoms with van der Waals surface area (Å²) in [6.45, 7) is 0. The lowest BCUT2D eigenvalue weighted by Gasteiger charge is -2.14. The van der Waals surface area contributed by atoms with Crippen molar-refractivity contribution in [3.8, 4) is 0 Å². The lowest BCUT2D eigenvalue weighted by atomic mass is 10.1. The molecule has 25 heavy (non-hydrogen) atoms. The zero-order chi connectivity index (χ0) is 18.6. The molecule has 1 aromatic carbocycles. The summed E-state index contributed by atoms with van der Waals surface area (Å²) in [5.41, 5.74) is 1.12. The highest BCUT2D eigenvalue weighted by Crippen LogP contribution is 2.24. The molecule has 1 amide bonds. The fourth-order valence-corrected chi connectivity index (χ4v) is 2.97. The third kappa shape index (κ3) is 4.76. The number of aliphatic carboxylic acids is 1. The number of hydrogen-bond acceptors (Lipinski definition) is 8. The Kier molecular flexibility index (Phi) is 5.70. The number of anilines is 1. The number of benzene rings is 1. The molecule has 1 aromatic rings. The van der Waals surface area contributed by atoms with Gasteiger partial charge in [-0.3, -0.25) is 19.7 Å². The summed E-state index contributed by atoms with van der Waals surface area (Å²) in [6.07, 6.45) is 1.03. The first kappa shape index (κ1) is 18.4. The molecule has 0 radical (unpaired) electrons. The Hall–Kier alpha value is -2.95. The van der Waals surface area contributed by atoms with E-state index in [9.17, 15) is 19.7 Å². The number of nitro groups is 1. The minimum absolute atomic E-state index is 0.0789. The largest absolute Gasteiger partial charge is 0.481 e. The fraction of sp³-hybridized carbons (Fsp3) is 0.286. The van der Waals surface area contributed by atoms with E-state index in [1.165, 1.54) is 18.3 Å². The summed E-state index contributed by atoms with van der Waals surface area (Å²) in [5.74, 6) is -1.52. The molecule has 1 aliphatic heterocycles. The second-order valence-electron chi connectivity index (χ2n) is 5.24. The maximum absolute atomic E-state index is 11.6. The molecule has 0 spiro atoms. The number of nitrogens with zero attached hydrogens (tertiary/aromatic N) is 4. The second kappa shape index (κ2) is 7.75. The number of carboxylic acid groups (broad SMARTS) is 1. The number of rotatable bonds is 6. The predicted molar refractivity (Wildman–Crippen MR) is 94.2 cm³/mol. The van der Waals surface area contributed by atoms with E-state index < -0.39 is 22.0 Å². The molecule has 1 saturated heterocycles. The summed E-state index contributed by atoms with van der Waals surface area (Å²) in [4.78, 5) is 34.4. The molecule has 1 unspecified atom stereocenters. The number of carbonyl (C=O) groups excluding carboxylic acids is 1. The van der Waals surface area contributed by atoms with Crippen molar-refractivity contribution in [2.45, 2.75) is 11.7 Å². The number of hydrogen-bond donors (Lipinski definition) is 2. The van der Waals surface area contributed by atoms with Crippen molar-refractivity contribution in [2.24, 2.45) is 10.2 Å². The number of carboxylic acids is 1. The Balaban J connectivity index is 2.19. The summed E-state index contributed by atoms with van der Waals surface area (Å²) in [6, 6.07) is 4.36. The van der Waals surface area contributed by atoms with Gasteiger partial charge in [0.15, 0.2) is 5.17 Å². The Morgan fingerprint density at radius 2 is 2.24 bits per heavy atom. The van der Waals surface area contributed by atoms with Crippen LogP contribution in [0.4, 0.5) is 11.4 Å². The molecule has 10 nitrogen and oxygen atoms in total. The topological polar surface area (TPSA) is 137 Å². The lowest BCUT2D eigenvalue weighted by molar-refractivity contribution is -0.384. The van der Waals surface area contributed by atoms with E-state index in [0.717, 1.165) is 11.8 Å². The first-order valence-corrected chi connectivity index (χ1v) is 7.92. The first-order chi connectivity index (χ1) is 11.8.